The van der Waals surface area contributed by atoms with Crippen LogP contribution in [0.4, 0.5) is 5.13 Å². The lowest BCUT2D eigenvalue weighted by Gasteiger charge is -1.99. The normalized spacial score (nSPS) is 10.6. The van der Waals surface area contributed by atoms with Gasteiger partial charge < -0.3 is 5.32 Å². The summed E-state index contributed by atoms with van der Waals surface area (Å²) in [5.74, 6) is -0.128. The first-order valence-electron chi connectivity index (χ1n) is 6.71. The van der Waals surface area contributed by atoms with Crippen LogP contribution in [0.3, 0.4) is 0 Å². The highest BCUT2D eigenvalue weighted by molar-refractivity contribution is 7.15. The highest BCUT2D eigenvalue weighted by Gasteiger charge is 2.11. The number of amides is 1. The van der Waals surface area contributed by atoms with Crippen LogP contribution in [0.5, 0.6) is 0 Å². The van der Waals surface area contributed by atoms with Crippen LogP contribution in [-0.4, -0.2) is 21.1 Å². The molecule has 2 heterocycles. The first-order valence-corrected chi connectivity index (χ1v) is 8.41. The van der Waals surface area contributed by atoms with Gasteiger partial charge in [-0.15, -0.1) is 21.5 Å². The Labute approximate surface area is 136 Å². The van der Waals surface area contributed by atoms with Crippen molar-refractivity contribution in [1.29, 1.82) is 0 Å². The van der Waals surface area contributed by atoms with Crippen molar-refractivity contribution in [2.45, 2.75) is 20.3 Å². The predicted octanol–water partition coefficient (Wildman–Crippen LogP) is 3.46. The van der Waals surface area contributed by atoms with Gasteiger partial charge >= 0.3 is 0 Å². The number of rotatable bonds is 4. The van der Waals surface area contributed by atoms with E-state index < -0.39 is 0 Å². The van der Waals surface area contributed by atoms with Crippen molar-refractivity contribution in [3.63, 3.8) is 0 Å². The fourth-order valence-corrected chi connectivity index (χ4v) is 3.40. The number of carbonyl (C=O) groups excluding carboxylic acids is 1. The molecule has 0 unspecified atom stereocenters. The van der Waals surface area contributed by atoms with Gasteiger partial charge in [0.05, 0.1) is 12.1 Å². The zero-order valence-electron chi connectivity index (χ0n) is 12.2. The van der Waals surface area contributed by atoms with Crippen molar-refractivity contribution in [2.24, 2.45) is 0 Å². The zero-order valence-corrected chi connectivity index (χ0v) is 13.8. The van der Waals surface area contributed by atoms with E-state index in [4.69, 9.17) is 0 Å². The van der Waals surface area contributed by atoms with Crippen LogP contribution < -0.4 is 5.32 Å². The molecular formula is C15H14N4OS2. The van der Waals surface area contributed by atoms with Gasteiger partial charge in [0, 0.05) is 10.9 Å². The molecule has 0 aliphatic carbocycles. The minimum absolute atomic E-state index is 0.128. The zero-order chi connectivity index (χ0) is 15.5. The number of thiazole rings is 1. The summed E-state index contributed by atoms with van der Waals surface area (Å²) >= 11 is 2.91. The number of carbonyl (C=O) groups is 1. The Bertz CT molecular complexity index is 809. The number of aromatic nitrogens is 3. The Hall–Kier alpha value is -2.12. The molecule has 0 radical (unpaired) electrons. The van der Waals surface area contributed by atoms with Crippen LogP contribution in [0.2, 0.25) is 0 Å². The van der Waals surface area contributed by atoms with E-state index in [1.165, 1.54) is 16.9 Å². The maximum atomic E-state index is 12.0. The van der Waals surface area contributed by atoms with E-state index in [2.05, 4.69) is 39.6 Å². The van der Waals surface area contributed by atoms with E-state index in [1.807, 2.05) is 24.4 Å². The number of aryl methyl sites for hydroxylation is 2. The summed E-state index contributed by atoms with van der Waals surface area (Å²) in [4.78, 5) is 16.5. The minimum atomic E-state index is -0.128. The number of nitrogens with zero attached hydrogens (tertiary/aromatic N) is 3. The van der Waals surface area contributed by atoms with Crippen molar-refractivity contribution in [1.82, 2.24) is 15.2 Å². The van der Waals surface area contributed by atoms with E-state index >= 15 is 0 Å². The maximum Gasteiger partial charge on any atom is 0.232 e. The van der Waals surface area contributed by atoms with Crippen LogP contribution >= 0.6 is 22.7 Å². The van der Waals surface area contributed by atoms with Gasteiger partial charge in [0.15, 0.2) is 0 Å². The molecule has 0 bridgehead atoms. The van der Waals surface area contributed by atoms with Gasteiger partial charge in [0.25, 0.3) is 0 Å². The molecule has 3 rings (SSSR count). The van der Waals surface area contributed by atoms with Gasteiger partial charge in [-0.25, -0.2) is 4.98 Å². The Kier molecular flexibility index (Phi) is 4.26. The van der Waals surface area contributed by atoms with Crippen molar-refractivity contribution < 1.29 is 4.79 Å². The molecule has 112 valence electrons. The van der Waals surface area contributed by atoms with Crippen LogP contribution in [0.25, 0.3) is 10.6 Å². The molecule has 1 N–H and O–H groups in total. The molecule has 3 aromatic rings. The Morgan fingerprint density at radius 2 is 2.14 bits per heavy atom. The smallest absolute Gasteiger partial charge is 0.232 e. The van der Waals surface area contributed by atoms with Crippen LogP contribution in [0.15, 0.2) is 29.6 Å². The summed E-state index contributed by atoms with van der Waals surface area (Å²) in [7, 11) is 0. The monoisotopic (exact) mass is 330 g/mol. The first-order chi connectivity index (χ1) is 10.6. The third-order valence-electron chi connectivity index (χ3n) is 2.93. The molecule has 22 heavy (non-hydrogen) atoms. The molecule has 0 spiro atoms. The molecule has 5 nitrogen and oxygen atoms in total. The Balaban J connectivity index is 1.67. The quantitative estimate of drug-likeness (QED) is 0.795. The lowest BCUT2D eigenvalue weighted by molar-refractivity contribution is -0.115. The predicted molar refractivity (Wildman–Crippen MR) is 89.3 cm³/mol. The number of hydrogen-bond donors (Lipinski definition) is 1. The van der Waals surface area contributed by atoms with Gasteiger partial charge in [-0.1, -0.05) is 35.1 Å². The van der Waals surface area contributed by atoms with Gasteiger partial charge in [-0.05, 0) is 19.9 Å². The molecule has 1 aromatic carbocycles. The van der Waals surface area contributed by atoms with E-state index in [0.717, 1.165) is 21.3 Å². The molecule has 0 atom stereocenters. The number of benzene rings is 1. The van der Waals surface area contributed by atoms with E-state index in [0.29, 0.717) is 5.13 Å². The highest BCUT2D eigenvalue weighted by atomic mass is 32.1. The molecule has 0 saturated carbocycles. The summed E-state index contributed by atoms with van der Waals surface area (Å²) in [6.45, 7) is 3.90. The van der Waals surface area contributed by atoms with Gasteiger partial charge in [-0.3, -0.25) is 4.79 Å². The first kappa shape index (κ1) is 14.8. The molecule has 7 heteroatoms. The molecular weight excluding hydrogens is 316 g/mol. The summed E-state index contributed by atoms with van der Waals surface area (Å²) in [6.07, 6.45) is 0.237. The largest absolute Gasteiger partial charge is 0.300 e. The standard InChI is InChI=1S/C15H14N4OS2/c1-9-4-3-5-11(6-9)14-16-12(8-21-14)7-13(20)17-15-19-18-10(2)22-15/h3-6,8H,7H2,1-2H3,(H,17,19,20). The maximum absolute atomic E-state index is 12.0. The molecule has 0 aliphatic heterocycles. The molecule has 0 fully saturated rings. The van der Waals surface area contributed by atoms with Crippen LogP contribution in [0, 0.1) is 13.8 Å². The average molecular weight is 330 g/mol. The number of hydrogen-bond acceptors (Lipinski definition) is 6. The SMILES string of the molecule is Cc1cccc(-c2nc(CC(=O)Nc3nnc(C)s3)cs2)c1. The summed E-state index contributed by atoms with van der Waals surface area (Å²) < 4.78 is 0. The van der Waals surface area contributed by atoms with Crippen molar-refractivity contribution in [3.05, 3.63) is 45.9 Å². The van der Waals surface area contributed by atoms with Crippen LogP contribution in [0.1, 0.15) is 16.3 Å². The fourth-order valence-electron chi connectivity index (χ4n) is 1.97. The van der Waals surface area contributed by atoms with E-state index in [9.17, 15) is 4.79 Å². The molecule has 0 saturated heterocycles. The van der Waals surface area contributed by atoms with Gasteiger partial charge in [0.1, 0.15) is 10.0 Å². The second-order valence-corrected chi connectivity index (χ2v) is 6.90. The second kappa shape index (κ2) is 6.33. The molecule has 1 amide bonds. The van der Waals surface area contributed by atoms with Crippen molar-refractivity contribution in [3.8, 4) is 10.6 Å². The lowest BCUT2D eigenvalue weighted by atomic mass is 10.1. The summed E-state index contributed by atoms with van der Waals surface area (Å²) in [5.41, 5.74) is 3.04. The average Bonchev–Trinajstić information content (AvgIpc) is 3.08. The third-order valence-corrected chi connectivity index (χ3v) is 4.63. The Morgan fingerprint density at radius 3 is 2.86 bits per heavy atom. The van der Waals surface area contributed by atoms with Gasteiger partial charge in [-0.2, -0.15) is 0 Å². The van der Waals surface area contributed by atoms with Gasteiger partial charge in [0.2, 0.25) is 11.0 Å². The van der Waals surface area contributed by atoms with Crippen LogP contribution in [-0.2, 0) is 11.2 Å². The molecule has 0 aliphatic rings. The van der Waals surface area contributed by atoms with Crippen molar-refractivity contribution in [2.75, 3.05) is 5.32 Å². The van der Waals surface area contributed by atoms with E-state index in [1.54, 1.807) is 11.3 Å². The Morgan fingerprint density at radius 1 is 1.27 bits per heavy atom. The molecule has 2 aromatic heterocycles. The number of nitrogens with one attached hydrogen (secondary N) is 1. The third kappa shape index (κ3) is 3.55. The topological polar surface area (TPSA) is 67.8 Å². The summed E-state index contributed by atoms with van der Waals surface area (Å²) in [6, 6.07) is 8.18. The minimum Gasteiger partial charge on any atom is -0.300 e. The summed E-state index contributed by atoms with van der Waals surface area (Å²) in [5, 5.41) is 14.7. The fraction of sp³-hybridized carbons (Fsp3) is 0.200. The highest BCUT2D eigenvalue weighted by Crippen LogP contribution is 2.24. The van der Waals surface area contributed by atoms with Crippen molar-refractivity contribution >= 4 is 33.7 Å². The number of anilines is 1. The van der Waals surface area contributed by atoms with E-state index in [-0.39, 0.29) is 12.3 Å². The lowest BCUT2D eigenvalue weighted by Crippen LogP contribution is -2.14. The second-order valence-electron chi connectivity index (χ2n) is 4.86.